The van der Waals surface area contributed by atoms with E-state index < -0.39 is 17.7 Å². The molecular formula is C14H14F2N2O. The van der Waals surface area contributed by atoms with Crippen molar-refractivity contribution in [3.63, 3.8) is 0 Å². The summed E-state index contributed by atoms with van der Waals surface area (Å²) in [5, 5.41) is 13.4. The van der Waals surface area contributed by atoms with E-state index in [4.69, 9.17) is 0 Å². The van der Waals surface area contributed by atoms with Crippen LogP contribution in [0, 0.1) is 11.6 Å². The van der Waals surface area contributed by atoms with Gasteiger partial charge >= 0.3 is 0 Å². The predicted molar refractivity (Wildman–Crippen MR) is 68.9 cm³/mol. The zero-order valence-corrected chi connectivity index (χ0v) is 10.2. The molecule has 0 spiro atoms. The number of nitrogens with zero attached hydrogens (tertiary/aromatic N) is 1. The maximum Gasteiger partial charge on any atom is 0.152 e. The highest BCUT2D eigenvalue weighted by Crippen LogP contribution is 2.28. The number of fused-ring (bicyclic) bond motifs is 1. The molecule has 2 aromatic rings. The fourth-order valence-corrected chi connectivity index (χ4v) is 2.61. The zero-order valence-electron chi connectivity index (χ0n) is 10.2. The maximum atomic E-state index is 13.6. The second-order valence-electron chi connectivity index (χ2n) is 4.89. The van der Waals surface area contributed by atoms with Gasteiger partial charge in [0.25, 0.3) is 0 Å². The second-order valence-corrected chi connectivity index (χ2v) is 4.89. The van der Waals surface area contributed by atoms with Crippen molar-refractivity contribution in [2.75, 3.05) is 5.32 Å². The summed E-state index contributed by atoms with van der Waals surface area (Å²) >= 11 is 0. The summed E-state index contributed by atoms with van der Waals surface area (Å²) < 4.78 is 27.0. The number of aromatic nitrogens is 1. The minimum Gasteiger partial charge on any atom is -0.391 e. The number of rotatable bonds is 2. The monoisotopic (exact) mass is 264 g/mol. The molecule has 1 aliphatic rings. The Morgan fingerprint density at radius 3 is 2.84 bits per heavy atom. The van der Waals surface area contributed by atoms with Crippen molar-refractivity contribution in [2.24, 2.45) is 0 Å². The van der Waals surface area contributed by atoms with Crippen LogP contribution in [0.2, 0.25) is 0 Å². The van der Waals surface area contributed by atoms with E-state index in [0.717, 1.165) is 25.3 Å². The summed E-state index contributed by atoms with van der Waals surface area (Å²) in [6.07, 6.45) is 3.62. The second kappa shape index (κ2) is 4.74. The van der Waals surface area contributed by atoms with E-state index in [1.165, 1.54) is 12.3 Å². The Kier molecular flexibility index (Phi) is 3.06. The summed E-state index contributed by atoms with van der Waals surface area (Å²) in [6, 6.07) is 3.68. The number of aliphatic hydroxyl groups excluding tert-OH is 1. The van der Waals surface area contributed by atoms with Gasteiger partial charge in [0.2, 0.25) is 0 Å². The number of halogens is 2. The van der Waals surface area contributed by atoms with E-state index in [2.05, 4.69) is 10.3 Å². The molecule has 2 atom stereocenters. The van der Waals surface area contributed by atoms with Crippen molar-refractivity contribution in [3.8, 4) is 0 Å². The van der Waals surface area contributed by atoms with Crippen molar-refractivity contribution in [3.05, 3.63) is 36.0 Å². The molecular weight excluding hydrogens is 250 g/mol. The van der Waals surface area contributed by atoms with Gasteiger partial charge in [0.1, 0.15) is 11.3 Å². The molecule has 0 amide bonds. The topological polar surface area (TPSA) is 45.1 Å². The smallest absolute Gasteiger partial charge is 0.152 e. The molecule has 0 bridgehead atoms. The third kappa shape index (κ3) is 2.26. The van der Waals surface area contributed by atoms with E-state index in [1.54, 1.807) is 6.07 Å². The SMILES string of the molecule is O[C@@H]1CCC[C@@H]1Nc1ccnc2c(F)cc(F)cc12. The third-order valence-corrected chi connectivity index (χ3v) is 3.58. The molecule has 1 aliphatic carbocycles. The molecule has 0 unspecified atom stereocenters. The number of aliphatic hydroxyl groups is 1. The first-order chi connectivity index (χ1) is 9.15. The van der Waals surface area contributed by atoms with Gasteiger partial charge in [-0.3, -0.25) is 4.98 Å². The third-order valence-electron chi connectivity index (χ3n) is 3.58. The normalized spacial score (nSPS) is 22.9. The van der Waals surface area contributed by atoms with Crippen LogP contribution in [0.1, 0.15) is 19.3 Å². The average molecular weight is 264 g/mol. The first-order valence-corrected chi connectivity index (χ1v) is 6.33. The molecule has 3 nitrogen and oxygen atoms in total. The maximum absolute atomic E-state index is 13.6. The molecule has 0 radical (unpaired) electrons. The van der Waals surface area contributed by atoms with Gasteiger partial charge in [-0.2, -0.15) is 0 Å². The summed E-state index contributed by atoms with van der Waals surface area (Å²) in [5.74, 6) is -1.31. The molecule has 1 saturated carbocycles. The van der Waals surface area contributed by atoms with E-state index >= 15 is 0 Å². The van der Waals surface area contributed by atoms with Gasteiger partial charge in [-0.25, -0.2) is 8.78 Å². The van der Waals surface area contributed by atoms with Gasteiger partial charge in [-0.05, 0) is 31.4 Å². The van der Waals surface area contributed by atoms with Gasteiger partial charge < -0.3 is 10.4 Å². The van der Waals surface area contributed by atoms with E-state index in [0.29, 0.717) is 11.1 Å². The standard InChI is InChI=1S/C14H14F2N2O/c15-8-6-9-11(18-12-2-1-3-13(12)19)4-5-17-14(9)10(16)7-8/h4-7,12-13,19H,1-3H2,(H,17,18)/t12-,13+/m0/s1. The number of anilines is 1. The summed E-state index contributed by atoms with van der Waals surface area (Å²) in [7, 11) is 0. The van der Waals surface area contributed by atoms with E-state index in [1.807, 2.05) is 0 Å². The zero-order chi connectivity index (χ0) is 13.4. The molecule has 0 aliphatic heterocycles. The Morgan fingerprint density at radius 2 is 2.11 bits per heavy atom. The largest absolute Gasteiger partial charge is 0.391 e. The highest BCUT2D eigenvalue weighted by molar-refractivity contribution is 5.91. The Morgan fingerprint density at radius 1 is 1.26 bits per heavy atom. The molecule has 1 fully saturated rings. The van der Waals surface area contributed by atoms with Crippen LogP contribution in [0.5, 0.6) is 0 Å². The lowest BCUT2D eigenvalue weighted by atomic mass is 10.1. The molecule has 1 aromatic carbocycles. The van der Waals surface area contributed by atoms with Crippen LogP contribution < -0.4 is 5.32 Å². The van der Waals surface area contributed by atoms with E-state index in [-0.39, 0.29) is 11.6 Å². The predicted octanol–water partition coefficient (Wildman–Crippen LogP) is 2.84. The molecule has 19 heavy (non-hydrogen) atoms. The minimum absolute atomic E-state index is 0.0723. The van der Waals surface area contributed by atoms with Crippen LogP contribution in [0.4, 0.5) is 14.5 Å². The van der Waals surface area contributed by atoms with Crippen LogP contribution in [0.3, 0.4) is 0 Å². The molecule has 5 heteroatoms. The van der Waals surface area contributed by atoms with Gasteiger partial charge in [-0.15, -0.1) is 0 Å². The summed E-state index contributed by atoms with van der Waals surface area (Å²) in [4.78, 5) is 3.93. The van der Waals surface area contributed by atoms with Crippen molar-refractivity contribution in [1.82, 2.24) is 4.98 Å². The Labute approximate surface area is 109 Å². The Hall–Kier alpha value is -1.75. The molecule has 3 rings (SSSR count). The Balaban J connectivity index is 2.03. The van der Waals surface area contributed by atoms with Crippen molar-refractivity contribution in [1.29, 1.82) is 0 Å². The lowest BCUT2D eigenvalue weighted by Crippen LogP contribution is -2.28. The highest BCUT2D eigenvalue weighted by Gasteiger charge is 2.25. The molecule has 100 valence electrons. The number of benzene rings is 1. The summed E-state index contributed by atoms with van der Waals surface area (Å²) in [6.45, 7) is 0. The lowest BCUT2D eigenvalue weighted by Gasteiger charge is -2.19. The average Bonchev–Trinajstić information content (AvgIpc) is 2.76. The quantitative estimate of drug-likeness (QED) is 0.876. The molecule has 1 heterocycles. The first-order valence-electron chi connectivity index (χ1n) is 6.33. The Bertz CT molecular complexity index is 618. The first kappa shape index (κ1) is 12.3. The van der Waals surface area contributed by atoms with Crippen LogP contribution in [-0.2, 0) is 0 Å². The van der Waals surface area contributed by atoms with Crippen LogP contribution in [0.25, 0.3) is 10.9 Å². The minimum atomic E-state index is -0.675. The van der Waals surface area contributed by atoms with Gasteiger partial charge in [0.15, 0.2) is 5.82 Å². The summed E-state index contributed by atoms with van der Waals surface area (Å²) in [5.41, 5.74) is 0.744. The van der Waals surface area contributed by atoms with Gasteiger partial charge in [0.05, 0.1) is 12.1 Å². The highest BCUT2D eigenvalue weighted by atomic mass is 19.1. The van der Waals surface area contributed by atoms with Crippen LogP contribution >= 0.6 is 0 Å². The van der Waals surface area contributed by atoms with Crippen molar-refractivity contribution in [2.45, 2.75) is 31.4 Å². The van der Waals surface area contributed by atoms with Gasteiger partial charge in [0, 0.05) is 23.3 Å². The molecule has 2 N–H and O–H groups in total. The number of hydrogen-bond acceptors (Lipinski definition) is 3. The number of pyridine rings is 1. The van der Waals surface area contributed by atoms with E-state index in [9.17, 15) is 13.9 Å². The number of hydrogen-bond donors (Lipinski definition) is 2. The van der Waals surface area contributed by atoms with Crippen molar-refractivity contribution < 1.29 is 13.9 Å². The van der Waals surface area contributed by atoms with Gasteiger partial charge in [-0.1, -0.05) is 0 Å². The van der Waals surface area contributed by atoms with Crippen molar-refractivity contribution >= 4 is 16.6 Å². The molecule has 0 saturated heterocycles. The molecule has 1 aromatic heterocycles. The fraction of sp³-hybridized carbons (Fsp3) is 0.357. The fourth-order valence-electron chi connectivity index (χ4n) is 2.61. The van der Waals surface area contributed by atoms with Crippen LogP contribution in [0.15, 0.2) is 24.4 Å². The van der Waals surface area contributed by atoms with Crippen LogP contribution in [-0.4, -0.2) is 22.2 Å². The number of nitrogens with one attached hydrogen (secondary N) is 1. The lowest BCUT2D eigenvalue weighted by molar-refractivity contribution is 0.172.